The predicted molar refractivity (Wildman–Crippen MR) is 306 cm³/mol. The first-order valence-electron chi connectivity index (χ1n) is 29.7. The van der Waals surface area contributed by atoms with Gasteiger partial charge in [0.05, 0.1) is 52.7 Å². The highest BCUT2D eigenvalue weighted by molar-refractivity contribution is 5.87. The van der Waals surface area contributed by atoms with Crippen molar-refractivity contribution in [3.8, 4) is 0 Å². The number of carbonyl (C=O) groups is 8. The molecule has 1 rings (SSSR count). The summed E-state index contributed by atoms with van der Waals surface area (Å²) in [7, 11) is 0. The molecule has 1 aliphatic rings. The Morgan fingerprint density at radius 3 is 1.26 bits per heavy atom. The number of unbranched alkanes of at least 4 members (excludes halogenated alkanes) is 14. The minimum absolute atomic E-state index is 0.0359. The highest BCUT2D eigenvalue weighted by atomic mass is 16.7. The first kappa shape index (κ1) is 72.5. The van der Waals surface area contributed by atoms with Crippen LogP contribution in [-0.4, -0.2) is 148 Å². The van der Waals surface area contributed by atoms with Gasteiger partial charge in [0.15, 0.2) is 0 Å². The summed E-state index contributed by atoms with van der Waals surface area (Å²) in [5.74, 6) is -0.512. The molecule has 0 aromatic heterocycles. The summed E-state index contributed by atoms with van der Waals surface area (Å²) >= 11 is 0. The molecule has 0 atom stereocenters. The van der Waals surface area contributed by atoms with Gasteiger partial charge in [-0.05, 0) is 170 Å². The van der Waals surface area contributed by atoms with Crippen LogP contribution in [0.25, 0.3) is 0 Å². The number of rotatable bonds is 42. The van der Waals surface area contributed by atoms with Crippen LogP contribution in [0.1, 0.15) is 209 Å². The number of nitrogens with zero attached hydrogens (tertiary/aromatic N) is 2. The predicted octanol–water partition coefficient (Wildman–Crippen LogP) is 11.8. The van der Waals surface area contributed by atoms with Crippen molar-refractivity contribution in [3.05, 3.63) is 24.3 Å². The fraction of sp³-hybridized carbons (Fsp3) is 0.800. The fourth-order valence-corrected chi connectivity index (χ4v) is 8.67. The second kappa shape index (κ2) is 43.2. The first-order valence-corrected chi connectivity index (χ1v) is 29.7. The Morgan fingerprint density at radius 2 is 0.800 bits per heavy atom. The van der Waals surface area contributed by atoms with E-state index in [1.807, 2.05) is 41.5 Å². The lowest BCUT2D eigenvalue weighted by atomic mass is 9.83. The zero-order valence-corrected chi connectivity index (χ0v) is 50.5. The first-order chi connectivity index (χ1) is 38.0. The topological polar surface area (TPSA) is 241 Å². The SMILES string of the molecule is C=C(C)C(=O)OCCN(C(=O)CCCCCCCNC(=O)OCCCCCCOC(=O)OCCCCCCOC(=O)OCC1CCC(COC(=O)CCCCCCCNC(=O)N(CCOC(=O)C(=C)C)C(C)(C)C)CC1)C(C)(C)C. The molecule has 0 unspecified atom stereocenters. The Morgan fingerprint density at radius 1 is 0.425 bits per heavy atom. The van der Waals surface area contributed by atoms with Gasteiger partial charge >= 0.3 is 42.3 Å². The lowest BCUT2D eigenvalue weighted by molar-refractivity contribution is -0.145. The largest absolute Gasteiger partial charge is 0.508 e. The molecule has 1 aliphatic carbocycles. The molecule has 20 heteroatoms. The number of esters is 3. The maximum atomic E-state index is 12.9. The van der Waals surface area contributed by atoms with Crippen molar-refractivity contribution in [2.45, 2.75) is 221 Å². The quantitative estimate of drug-likeness (QED) is 0.0250. The molecule has 0 aromatic rings. The number of urea groups is 1. The molecule has 460 valence electrons. The van der Waals surface area contributed by atoms with Crippen LogP contribution in [0, 0.1) is 11.8 Å². The van der Waals surface area contributed by atoms with Crippen LogP contribution in [-0.2, 0) is 57.1 Å². The average Bonchev–Trinajstić information content (AvgIpc) is 3.39. The van der Waals surface area contributed by atoms with Crippen LogP contribution in [0.4, 0.5) is 19.2 Å². The van der Waals surface area contributed by atoms with Gasteiger partial charge in [-0.1, -0.05) is 51.7 Å². The number of amides is 4. The van der Waals surface area contributed by atoms with E-state index >= 15 is 0 Å². The minimum atomic E-state index is -0.694. The smallest absolute Gasteiger partial charge is 0.465 e. The molecule has 0 aromatic carbocycles. The second-order valence-corrected chi connectivity index (χ2v) is 23.0. The monoisotopic (exact) mass is 1140 g/mol. The number of hydrogen-bond acceptors (Lipinski definition) is 16. The van der Waals surface area contributed by atoms with Gasteiger partial charge in [0, 0.05) is 48.2 Å². The van der Waals surface area contributed by atoms with E-state index in [0.29, 0.717) is 95.0 Å². The van der Waals surface area contributed by atoms with Crippen LogP contribution in [0.2, 0.25) is 0 Å². The molecule has 0 aliphatic heterocycles. The van der Waals surface area contributed by atoms with Crippen molar-refractivity contribution in [2.24, 2.45) is 11.8 Å². The zero-order valence-electron chi connectivity index (χ0n) is 50.5. The van der Waals surface area contributed by atoms with Crippen molar-refractivity contribution in [2.75, 3.05) is 79.0 Å². The van der Waals surface area contributed by atoms with Crippen LogP contribution in [0.5, 0.6) is 0 Å². The Labute approximate surface area is 479 Å². The molecule has 0 saturated heterocycles. The number of carbonyl (C=O) groups excluding carboxylic acids is 8. The highest BCUT2D eigenvalue weighted by Gasteiger charge is 2.28. The van der Waals surface area contributed by atoms with Gasteiger partial charge in [-0.3, -0.25) is 9.59 Å². The van der Waals surface area contributed by atoms with Crippen LogP contribution in [0.3, 0.4) is 0 Å². The summed E-state index contributed by atoms with van der Waals surface area (Å²) in [4.78, 5) is 101. The molecular weight excluding hydrogens is 1030 g/mol. The molecule has 1 saturated carbocycles. The highest BCUT2D eigenvalue weighted by Crippen LogP contribution is 2.29. The Hall–Kier alpha value is -5.56. The van der Waals surface area contributed by atoms with Gasteiger partial charge in [-0.15, -0.1) is 0 Å². The van der Waals surface area contributed by atoms with Crippen LogP contribution in [0.15, 0.2) is 24.3 Å². The van der Waals surface area contributed by atoms with E-state index in [4.69, 9.17) is 37.9 Å². The van der Waals surface area contributed by atoms with E-state index < -0.39 is 35.9 Å². The summed E-state index contributed by atoms with van der Waals surface area (Å²) in [6.45, 7) is 25.7. The number of nitrogens with one attached hydrogen (secondary N) is 2. The van der Waals surface area contributed by atoms with Gasteiger partial charge in [-0.25, -0.2) is 28.8 Å². The minimum Gasteiger partial charge on any atom is -0.465 e. The second-order valence-electron chi connectivity index (χ2n) is 23.0. The molecular formula is C60H104N4O16. The molecule has 20 nitrogen and oxygen atoms in total. The molecule has 0 bridgehead atoms. The molecule has 0 radical (unpaired) electrons. The van der Waals surface area contributed by atoms with Crippen molar-refractivity contribution in [1.29, 1.82) is 0 Å². The molecule has 80 heavy (non-hydrogen) atoms. The molecule has 0 heterocycles. The van der Waals surface area contributed by atoms with E-state index in [1.165, 1.54) is 0 Å². The van der Waals surface area contributed by atoms with E-state index in [-0.39, 0.29) is 68.9 Å². The molecule has 4 amide bonds. The maximum absolute atomic E-state index is 12.9. The van der Waals surface area contributed by atoms with E-state index in [2.05, 4.69) is 23.8 Å². The van der Waals surface area contributed by atoms with Gasteiger partial charge < -0.3 is 58.3 Å². The van der Waals surface area contributed by atoms with E-state index in [0.717, 1.165) is 116 Å². The Bertz CT molecular complexity index is 1840. The van der Waals surface area contributed by atoms with Crippen LogP contribution >= 0.6 is 0 Å². The summed E-state index contributed by atoms with van der Waals surface area (Å²) in [5, 5.41) is 5.74. The lowest BCUT2D eigenvalue weighted by Crippen LogP contribution is -2.51. The maximum Gasteiger partial charge on any atom is 0.508 e. The van der Waals surface area contributed by atoms with E-state index in [9.17, 15) is 38.4 Å². The number of alkyl carbamates (subject to hydrolysis) is 1. The normalized spacial score (nSPS) is 14.2. The third-order valence-corrected chi connectivity index (χ3v) is 13.5. The number of hydrogen-bond donors (Lipinski definition) is 2. The summed E-state index contributed by atoms with van der Waals surface area (Å²) < 4.78 is 42.1. The van der Waals surface area contributed by atoms with Gasteiger partial charge in [-0.2, -0.15) is 0 Å². The average molecular weight is 1140 g/mol. The molecule has 2 N–H and O–H groups in total. The van der Waals surface area contributed by atoms with Gasteiger partial charge in [0.2, 0.25) is 5.91 Å². The summed E-state index contributed by atoms with van der Waals surface area (Å²) in [5.41, 5.74) is -0.173. The number of ether oxygens (including phenoxy) is 8. The van der Waals surface area contributed by atoms with Crippen LogP contribution < -0.4 is 10.6 Å². The van der Waals surface area contributed by atoms with Crippen molar-refractivity contribution >= 4 is 48.3 Å². The molecule has 0 spiro atoms. The zero-order chi connectivity index (χ0) is 59.6. The van der Waals surface area contributed by atoms with E-state index in [1.54, 1.807) is 23.6 Å². The van der Waals surface area contributed by atoms with Crippen molar-refractivity contribution < 1.29 is 76.3 Å². The third-order valence-electron chi connectivity index (χ3n) is 13.5. The third kappa shape index (κ3) is 38.2. The Balaban J connectivity index is 1.93. The summed E-state index contributed by atoms with van der Waals surface area (Å²) in [6.07, 6.45) is 17.3. The summed E-state index contributed by atoms with van der Waals surface area (Å²) in [6, 6.07) is -0.199. The van der Waals surface area contributed by atoms with Crippen molar-refractivity contribution in [1.82, 2.24) is 20.4 Å². The molecule has 1 fully saturated rings. The van der Waals surface area contributed by atoms with Gasteiger partial charge in [0.25, 0.3) is 0 Å². The Kier molecular flexibility index (Phi) is 39.1. The lowest BCUT2D eigenvalue weighted by Gasteiger charge is -2.35. The fourth-order valence-electron chi connectivity index (χ4n) is 8.67. The van der Waals surface area contributed by atoms with Crippen molar-refractivity contribution in [3.63, 3.8) is 0 Å². The van der Waals surface area contributed by atoms with Gasteiger partial charge in [0.1, 0.15) is 13.2 Å². The standard InChI is InChI=1S/C60H104N4O16/c1-47(2)53(67)73-43-37-63(59(5,6)7)51(65)29-21-13-11-16-24-36-62-56(70)75-39-25-17-18-26-40-76-57(71)77-41-27-19-20-28-42-78-58(72)80-46-50-33-31-49(32-34-50)45-79-52(66)30-22-14-12-15-23-35-61-55(69)64(60(8,9)10)38-44-74-54(68)48(3)4/h49-50H,1,3,11-46H2,2,4-10H3,(H,61,69)(H,62,70).